The van der Waals surface area contributed by atoms with E-state index in [9.17, 15) is 4.79 Å². The third-order valence-electron chi connectivity index (χ3n) is 3.48. The topological polar surface area (TPSA) is 57.0 Å². The van der Waals surface area contributed by atoms with Gasteiger partial charge in [-0.3, -0.25) is 0 Å². The molecule has 0 amide bonds. The predicted octanol–water partition coefficient (Wildman–Crippen LogP) is 3.03. The summed E-state index contributed by atoms with van der Waals surface area (Å²) in [7, 11) is 0. The summed E-state index contributed by atoms with van der Waals surface area (Å²) < 4.78 is 6.82. The van der Waals surface area contributed by atoms with Gasteiger partial charge in [0.25, 0.3) is 0 Å². The van der Waals surface area contributed by atoms with Crippen LogP contribution in [-0.4, -0.2) is 27.6 Å². The van der Waals surface area contributed by atoms with E-state index >= 15 is 0 Å². The van der Waals surface area contributed by atoms with Crippen LogP contribution in [0.4, 0.5) is 0 Å². The van der Waals surface area contributed by atoms with E-state index in [1.54, 1.807) is 11.6 Å². The Morgan fingerprint density at radius 1 is 1.43 bits per heavy atom. The molecule has 1 heterocycles. The van der Waals surface area contributed by atoms with Crippen LogP contribution in [0.5, 0.6) is 0 Å². The van der Waals surface area contributed by atoms with Crippen LogP contribution < -0.4 is 0 Å². The van der Waals surface area contributed by atoms with Gasteiger partial charge in [-0.15, -0.1) is 5.10 Å². The number of rotatable bonds is 5. The number of hydrogen-bond acceptors (Lipinski definition) is 4. The second kappa shape index (κ2) is 5.85. The molecule has 0 saturated heterocycles. The molecular formula is C15H16ClN3O2. The first kappa shape index (κ1) is 14.1. The largest absolute Gasteiger partial charge is 0.461 e. The second-order valence-electron chi connectivity index (χ2n) is 5.07. The van der Waals surface area contributed by atoms with Crippen molar-refractivity contribution in [1.29, 1.82) is 0 Å². The molecule has 6 heteroatoms. The Kier molecular flexibility index (Phi) is 3.92. The highest BCUT2D eigenvalue weighted by atomic mass is 35.5. The van der Waals surface area contributed by atoms with Crippen molar-refractivity contribution in [2.24, 2.45) is 0 Å². The van der Waals surface area contributed by atoms with E-state index in [0.29, 0.717) is 29.8 Å². The van der Waals surface area contributed by atoms with Gasteiger partial charge in [-0.25, -0.2) is 9.48 Å². The molecule has 1 fully saturated rings. The lowest BCUT2D eigenvalue weighted by atomic mass is 10.2. The fourth-order valence-electron chi connectivity index (χ4n) is 2.33. The van der Waals surface area contributed by atoms with Crippen molar-refractivity contribution in [2.75, 3.05) is 6.61 Å². The molecule has 0 aliphatic heterocycles. The van der Waals surface area contributed by atoms with Crippen molar-refractivity contribution in [3.63, 3.8) is 0 Å². The SMILES string of the molecule is CCOC(=O)c1nnn(Cc2ccccc2Cl)c1C1CC1. The van der Waals surface area contributed by atoms with E-state index in [1.165, 1.54) is 0 Å². The monoisotopic (exact) mass is 305 g/mol. The van der Waals surface area contributed by atoms with Crippen LogP contribution in [0, 0.1) is 0 Å². The average Bonchev–Trinajstić information content (AvgIpc) is 3.22. The number of carbonyl (C=O) groups excluding carboxylic acids is 1. The molecule has 0 radical (unpaired) electrons. The number of benzene rings is 1. The molecule has 1 aromatic heterocycles. The molecule has 0 unspecified atom stereocenters. The van der Waals surface area contributed by atoms with Crippen LogP contribution in [0.15, 0.2) is 24.3 Å². The minimum absolute atomic E-state index is 0.334. The number of ether oxygens (including phenoxy) is 1. The average molecular weight is 306 g/mol. The summed E-state index contributed by atoms with van der Waals surface area (Å²) in [4.78, 5) is 12.0. The highest BCUT2D eigenvalue weighted by molar-refractivity contribution is 6.31. The summed E-state index contributed by atoms with van der Waals surface area (Å²) in [5.41, 5.74) is 2.17. The zero-order valence-corrected chi connectivity index (χ0v) is 12.5. The molecule has 5 nitrogen and oxygen atoms in total. The minimum atomic E-state index is -0.398. The van der Waals surface area contributed by atoms with Gasteiger partial charge >= 0.3 is 5.97 Å². The Morgan fingerprint density at radius 2 is 2.19 bits per heavy atom. The fourth-order valence-corrected chi connectivity index (χ4v) is 2.53. The minimum Gasteiger partial charge on any atom is -0.461 e. The van der Waals surface area contributed by atoms with Crippen molar-refractivity contribution in [2.45, 2.75) is 32.2 Å². The zero-order chi connectivity index (χ0) is 14.8. The molecule has 1 aliphatic rings. The number of aromatic nitrogens is 3. The Bertz CT molecular complexity index is 665. The van der Waals surface area contributed by atoms with Gasteiger partial charge in [-0.05, 0) is 31.4 Å². The van der Waals surface area contributed by atoms with Crippen molar-refractivity contribution >= 4 is 17.6 Å². The van der Waals surface area contributed by atoms with E-state index < -0.39 is 5.97 Å². The molecular weight excluding hydrogens is 290 g/mol. The number of carbonyl (C=O) groups is 1. The summed E-state index contributed by atoms with van der Waals surface area (Å²) in [5, 5.41) is 8.83. The van der Waals surface area contributed by atoms with Crippen molar-refractivity contribution in [3.8, 4) is 0 Å². The van der Waals surface area contributed by atoms with Gasteiger partial charge in [0, 0.05) is 10.9 Å². The Balaban J connectivity index is 1.92. The van der Waals surface area contributed by atoms with Crippen LogP contribution in [0.2, 0.25) is 5.02 Å². The second-order valence-corrected chi connectivity index (χ2v) is 5.47. The first-order valence-electron chi connectivity index (χ1n) is 7.04. The van der Waals surface area contributed by atoms with Gasteiger partial charge in [0.05, 0.1) is 18.8 Å². The molecule has 1 aromatic carbocycles. The molecule has 0 bridgehead atoms. The van der Waals surface area contributed by atoms with Crippen molar-refractivity contribution in [1.82, 2.24) is 15.0 Å². The smallest absolute Gasteiger partial charge is 0.360 e. The van der Waals surface area contributed by atoms with Crippen LogP contribution in [0.25, 0.3) is 0 Å². The Morgan fingerprint density at radius 3 is 2.86 bits per heavy atom. The quantitative estimate of drug-likeness (QED) is 0.797. The number of halogens is 1. The normalized spacial score (nSPS) is 14.2. The fraction of sp³-hybridized carbons (Fsp3) is 0.400. The van der Waals surface area contributed by atoms with Crippen molar-refractivity contribution < 1.29 is 9.53 Å². The third-order valence-corrected chi connectivity index (χ3v) is 3.85. The molecule has 3 rings (SSSR count). The third kappa shape index (κ3) is 2.93. The molecule has 1 saturated carbocycles. The highest BCUT2D eigenvalue weighted by Crippen LogP contribution is 2.41. The maximum Gasteiger partial charge on any atom is 0.360 e. The lowest BCUT2D eigenvalue weighted by Gasteiger charge is -2.08. The Hall–Kier alpha value is -1.88. The zero-order valence-electron chi connectivity index (χ0n) is 11.8. The van der Waals surface area contributed by atoms with Gasteiger partial charge in [0.1, 0.15) is 0 Å². The molecule has 1 aliphatic carbocycles. The summed E-state index contributed by atoms with van der Waals surface area (Å²) in [6.45, 7) is 2.63. The molecule has 21 heavy (non-hydrogen) atoms. The van der Waals surface area contributed by atoms with E-state index in [0.717, 1.165) is 24.1 Å². The first-order valence-corrected chi connectivity index (χ1v) is 7.42. The standard InChI is InChI=1S/C15H16ClN3O2/c1-2-21-15(20)13-14(10-7-8-10)19(18-17-13)9-11-5-3-4-6-12(11)16/h3-6,10H,2,7-9H2,1H3. The van der Waals surface area contributed by atoms with Gasteiger partial charge in [0.2, 0.25) is 0 Å². The van der Waals surface area contributed by atoms with Crippen LogP contribution in [-0.2, 0) is 11.3 Å². The maximum atomic E-state index is 12.0. The van der Waals surface area contributed by atoms with Crippen LogP contribution >= 0.6 is 11.6 Å². The Labute approximate surface area is 127 Å². The molecule has 110 valence electrons. The lowest BCUT2D eigenvalue weighted by molar-refractivity contribution is 0.0518. The lowest BCUT2D eigenvalue weighted by Crippen LogP contribution is -2.11. The van der Waals surface area contributed by atoms with Crippen molar-refractivity contribution in [3.05, 3.63) is 46.2 Å². The van der Waals surface area contributed by atoms with E-state index in [-0.39, 0.29) is 0 Å². The van der Waals surface area contributed by atoms with Gasteiger partial charge in [0.15, 0.2) is 5.69 Å². The van der Waals surface area contributed by atoms with Gasteiger partial charge in [-0.2, -0.15) is 0 Å². The summed E-state index contributed by atoms with van der Waals surface area (Å²) in [6.07, 6.45) is 2.12. The molecule has 0 N–H and O–H groups in total. The van der Waals surface area contributed by atoms with E-state index in [2.05, 4.69) is 10.3 Å². The number of hydrogen-bond donors (Lipinski definition) is 0. The maximum absolute atomic E-state index is 12.0. The van der Waals surface area contributed by atoms with E-state index in [1.807, 2.05) is 24.3 Å². The number of esters is 1. The summed E-state index contributed by atoms with van der Waals surface area (Å²) in [5.74, 6) is -0.0493. The van der Waals surface area contributed by atoms with E-state index in [4.69, 9.17) is 16.3 Å². The summed E-state index contributed by atoms with van der Waals surface area (Å²) in [6, 6.07) is 7.61. The van der Waals surface area contributed by atoms with Crippen LogP contribution in [0.3, 0.4) is 0 Å². The molecule has 0 spiro atoms. The molecule has 2 aromatic rings. The highest BCUT2D eigenvalue weighted by Gasteiger charge is 2.34. The predicted molar refractivity (Wildman–Crippen MR) is 78.5 cm³/mol. The van der Waals surface area contributed by atoms with Gasteiger partial charge < -0.3 is 4.74 Å². The summed E-state index contributed by atoms with van der Waals surface area (Å²) >= 11 is 6.19. The van der Waals surface area contributed by atoms with Crippen LogP contribution in [0.1, 0.15) is 47.4 Å². The molecule has 0 atom stereocenters. The number of nitrogens with zero attached hydrogens (tertiary/aromatic N) is 3. The van der Waals surface area contributed by atoms with Gasteiger partial charge in [-0.1, -0.05) is 35.0 Å². The first-order chi connectivity index (χ1) is 10.2.